The summed E-state index contributed by atoms with van der Waals surface area (Å²) in [5.74, 6) is 0.318. The topological polar surface area (TPSA) is 45.0 Å². The van der Waals surface area contributed by atoms with Gasteiger partial charge in [-0.05, 0) is 61.7 Å². The molecule has 3 nitrogen and oxygen atoms in total. The number of hydrogen-bond acceptors (Lipinski definition) is 3. The fourth-order valence-electron chi connectivity index (χ4n) is 1.83. The van der Waals surface area contributed by atoms with Crippen molar-refractivity contribution in [1.82, 2.24) is 0 Å². The third-order valence-corrected chi connectivity index (χ3v) is 4.17. The first kappa shape index (κ1) is 15.8. The van der Waals surface area contributed by atoms with Crippen molar-refractivity contribution in [3.05, 3.63) is 56.2 Å². The Balaban J connectivity index is 2.25. The number of anilines is 1. The summed E-state index contributed by atoms with van der Waals surface area (Å²) < 4.78 is 20.2. The third kappa shape index (κ3) is 3.74. The van der Waals surface area contributed by atoms with Crippen LogP contribution in [0.3, 0.4) is 0 Å². The molecule has 2 aromatic rings. The Hall–Kier alpha value is -1.58. The molecule has 0 aliphatic heterocycles. The van der Waals surface area contributed by atoms with Gasteiger partial charge in [0.25, 0.3) is 0 Å². The SMILES string of the molecule is COc1cc(NCc2cc(F)ccc2C#N)c(Br)cc1Br. The van der Waals surface area contributed by atoms with Crippen LogP contribution >= 0.6 is 31.9 Å². The molecule has 0 amide bonds. The van der Waals surface area contributed by atoms with Crippen LogP contribution in [-0.2, 0) is 6.54 Å². The minimum absolute atomic E-state index is 0.337. The summed E-state index contributed by atoms with van der Waals surface area (Å²) in [6, 6.07) is 9.84. The Morgan fingerprint density at radius 3 is 2.67 bits per heavy atom. The van der Waals surface area contributed by atoms with Gasteiger partial charge in [-0.2, -0.15) is 5.26 Å². The Labute approximate surface area is 139 Å². The zero-order valence-corrected chi connectivity index (χ0v) is 14.3. The van der Waals surface area contributed by atoms with Crippen LogP contribution in [0.5, 0.6) is 5.75 Å². The molecule has 0 heterocycles. The van der Waals surface area contributed by atoms with Gasteiger partial charge in [0, 0.05) is 17.1 Å². The number of hydrogen-bond donors (Lipinski definition) is 1. The summed E-state index contributed by atoms with van der Waals surface area (Å²) >= 11 is 6.84. The van der Waals surface area contributed by atoms with Gasteiger partial charge in [0.05, 0.1) is 28.9 Å². The Bertz CT molecular complexity index is 714. The molecule has 0 spiro atoms. The average molecular weight is 414 g/mol. The van der Waals surface area contributed by atoms with Crippen molar-refractivity contribution in [2.24, 2.45) is 0 Å². The second-order valence-electron chi connectivity index (χ2n) is 4.23. The van der Waals surface area contributed by atoms with E-state index in [-0.39, 0.29) is 5.82 Å². The van der Waals surface area contributed by atoms with Gasteiger partial charge >= 0.3 is 0 Å². The summed E-state index contributed by atoms with van der Waals surface area (Å²) in [5.41, 5.74) is 1.85. The maximum absolute atomic E-state index is 13.3. The number of methoxy groups -OCH3 is 1. The van der Waals surface area contributed by atoms with Gasteiger partial charge in [-0.25, -0.2) is 4.39 Å². The predicted molar refractivity (Wildman–Crippen MR) is 86.8 cm³/mol. The Kier molecular flexibility index (Phi) is 5.21. The lowest BCUT2D eigenvalue weighted by Gasteiger charge is -2.12. The molecule has 0 aliphatic rings. The van der Waals surface area contributed by atoms with E-state index in [2.05, 4.69) is 43.2 Å². The number of nitriles is 1. The van der Waals surface area contributed by atoms with Crippen molar-refractivity contribution in [1.29, 1.82) is 5.26 Å². The van der Waals surface area contributed by atoms with Crippen molar-refractivity contribution in [3.63, 3.8) is 0 Å². The van der Waals surface area contributed by atoms with Gasteiger partial charge in [-0.15, -0.1) is 0 Å². The molecule has 0 bridgehead atoms. The van der Waals surface area contributed by atoms with Crippen LogP contribution in [0.1, 0.15) is 11.1 Å². The molecular weight excluding hydrogens is 403 g/mol. The predicted octanol–water partition coefficient (Wildman–Crippen LogP) is 4.84. The smallest absolute Gasteiger partial charge is 0.135 e. The molecular formula is C15H11Br2FN2O. The first-order valence-electron chi connectivity index (χ1n) is 6.00. The highest BCUT2D eigenvalue weighted by Crippen LogP contribution is 2.34. The van der Waals surface area contributed by atoms with Gasteiger partial charge in [-0.1, -0.05) is 0 Å². The highest BCUT2D eigenvalue weighted by atomic mass is 79.9. The number of ether oxygens (including phenoxy) is 1. The number of rotatable bonds is 4. The molecule has 0 aromatic heterocycles. The normalized spacial score (nSPS) is 10.0. The molecule has 0 saturated carbocycles. The number of halogens is 3. The van der Waals surface area contributed by atoms with E-state index in [9.17, 15) is 4.39 Å². The molecule has 6 heteroatoms. The van der Waals surface area contributed by atoms with Gasteiger partial charge in [0.1, 0.15) is 11.6 Å². The second-order valence-corrected chi connectivity index (χ2v) is 5.94. The van der Waals surface area contributed by atoms with E-state index in [1.807, 2.05) is 12.1 Å². The first-order chi connectivity index (χ1) is 10.0. The van der Waals surface area contributed by atoms with E-state index in [1.54, 1.807) is 7.11 Å². The first-order valence-corrected chi connectivity index (χ1v) is 7.59. The Morgan fingerprint density at radius 1 is 1.24 bits per heavy atom. The minimum atomic E-state index is -0.363. The van der Waals surface area contributed by atoms with Crippen molar-refractivity contribution < 1.29 is 9.13 Å². The van der Waals surface area contributed by atoms with Gasteiger partial charge in [0.2, 0.25) is 0 Å². The molecule has 0 saturated heterocycles. The molecule has 1 N–H and O–H groups in total. The van der Waals surface area contributed by atoms with Gasteiger partial charge < -0.3 is 10.1 Å². The van der Waals surface area contributed by atoms with Crippen molar-refractivity contribution >= 4 is 37.5 Å². The molecule has 21 heavy (non-hydrogen) atoms. The van der Waals surface area contributed by atoms with E-state index in [0.29, 0.717) is 23.4 Å². The summed E-state index contributed by atoms with van der Waals surface area (Å²) in [5, 5.41) is 12.2. The minimum Gasteiger partial charge on any atom is -0.495 e. The van der Waals surface area contributed by atoms with E-state index in [0.717, 1.165) is 14.6 Å². The highest BCUT2D eigenvalue weighted by molar-refractivity contribution is 9.11. The second kappa shape index (κ2) is 6.92. The van der Waals surface area contributed by atoms with Crippen LogP contribution in [0, 0.1) is 17.1 Å². The zero-order chi connectivity index (χ0) is 15.4. The lowest BCUT2D eigenvalue weighted by Crippen LogP contribution is -2.03. The van der Waals surface area contributed by atoms with E-state index in [1.165, 1.54) is 18.2 Å². The van der Waals surface area contributed by atoms with Crippen LogP contribution < -0.4 is 10.1 Å². The number of benzene rings is 2. The molecule has 0 aliphatic carbocycles. The summed E-state index contributed by atoms with van der Waals surface area (Å²) in [6.45, 7) is 0.337. The molecule has 2 aromatic carbocycles. The molecule has 2 rings (SSSR count). The largest absolute Gasteiger partial charge is 0.495 e. The molecule has 0 radical (unpaired) electrons. The zero-order valence-electron chi connectivity index (χ0n) is 11.1. The van der Waals surface area contributed by atoms with E-state index in [4.69, 9.17) is 10.00 Å². The van der Waals surface area contributed by atoms with Crippen LogP contribution in [0.25, 0.3) is 0 Å². The Morgan fingerprint density at radius 2 is 2.00 bits per heavy atom. The molecule has 0 fully saturated rings. The lowest BCUT2D eigenvalue weighted by molar-refractivity contribution is 0.412. The lowest BCUT2D eigenvalue weighted by atomic mass is 10.1. The van der Waals surface area contributed by atoms with Crippen molar-refractivity contribution in [2.45, 2.75) is 6.54 Å². The summed E-state index contributed by atoms with van der Waals surface area (Å²) in [4.78, 5) is 0. The van der Waals surface area contributed by atoms with E-state index < -0.39 is 0 Å². The maximum Gasteiger partial charge on any atom is 0.135 e. The van der Waals surface area contributed by atoms with Gasteiger partial charge in [-0.3, -0.25) is 0 Å². The third-order valence-electron chi connectivity index (χ3n) is 2.90. The number of nitrogens with zero attached hydrogens (tertiary/aromatic N) is 1. The quantitative estimate of drug-likeness (QED) is 0.779. The molecule has 0 unspecified atom stereocenters. The average Bonchev–Trinajstić information content (AvgIpc) is 2.46. The maximum atomic E-state index is 13.3. The van der Waals surface area contributed by atoms with Crippen LogP contribution in [0.2, 0.25) is 0 Å². The van der Waals surface area contributed by atoms with Gasteiger partial charge in [0.15, 0.2) is 0 Å². The monoisotopic (exact) mass is 412 g/mol. The van der Waals surface area contributed by atoms with Crippen molar-refractivity contribution in [2.75, 3.05) is 12.4 Å². The standard InChI is InChI=1S/C15H11Br2FN2O/c1-21-15-6-14(12(16)5-13(15)17)20-8-10-4-11(18)3-2-9(10)7-19/h2-6,20H,8H2,1H3. The van der Waals surface area contributed by atoms with E-state index >= 15 is 0 Å². The molecule has 108 valence electrons. The van der Waals surface area contributed by atoms with Crippen LogP contribution in [-0.4, -0.2) is 7.11 Å². The van der Waals surface area contributed by atoms with Crippen LogP contribution in [0.4, 0.5) is 10.1 Å². The fourth-order valence-corrected chi connectivity index (χ4v) is 3.13. The highest BCUT2D eigenvalue weighted by Gasteiger charge is 2.09. The summed E-state index contributed by atoms with van der Waals surface area (Å²) in [6.07, 6.45) is 0. The fraction of sp³-hybridized carbons (Fsp3) is 0.133. The van der Waals surface area contributed by atoms with Crippen LogP contribution in [0.15, 0.2) is 39.3 Å². The summed E-state index contributed by atoms with van der Waals surface area (Å²) in [7, 11) is 1.58. The number of nitrogens with one attached hydrogen (secondary N) is 1. The van der Waals surface area contributed by atoms with Crippen molar-refractivity contribution in [3.8, 4) is 11.8 Å². The molecule has 0 atom stereocenters.